The van der Waals surface area contributed by atoms with Gasteiger partial charge >= 0.3 is 0 Å². The van der Waals surface area contributed by atoms with Crippen LogP contribution in [0.3, 0.4) is 0 Å². The summed E-state index contributed by atoms with van der Waals surface area (Å²) < 4.78 is 39.4. The van der Waals surface area contributed by atoms with Gasteiger partial charge in [0.1, 0.15) is 17.4 Å². The summed E-state index contributed by atoms with van der Waals surface area (Å²) in [6.07, 6.45) is 5.21. The van der Waals surface area contributed by atoms with Gasteiger partial charge in [0.05, 0.1) is 0 Å². The molecule has 0 aromatic heterocycles. The third kappa shape index (κ3) is 5.37. The van der Waals surface area contributed by atoms with E-state index in [2.05, 4.69) is 5.32 Å². The summed E-state index contributed by atoms with van der Waals surface area (Å²) in [6.45, 7) is 1.69. The van der Waals surface area contributed by atoms with Gasteiger partial charge in [0.2, 0.25) is 5.91 Å². The second-order valence-electron chi connectivity index (χ2n) is 6.16. The van der Waals surface area contributed by atoms with Gasteiger partial charge in [-0.05, 0) is 38.3 Å². The van der Waals surface area contributed by atoms with Gasteiger partial charge in [-0.1, -0.05) is 25.3 Å². The van der Waals surface area contributed by atoms with Crippen molar-refractivity contribution in [2.75, 3.05) is 5.75 Å². The average molecular weight is 343 g/mol. The van der Waals surface area contributed by atoms with Crippen LogP contribution in [0.4, 0.5) is 8.78 Å². The predicted molar refractivity (Wildman–Crippen MR) is 87.5 cm³/mol. The van der Waals surface area contributed by atoms with Crippen LogP contribution in [0.25, 0.3) is 0 Å². The number of amides is 1. The van der Waals surface area contributed by atoms with Crippen LogP contribution in [-0.2, 0) is 22.0 Å². The Hall–Kier alpha value is -1.30. The molecule has 1 fully saturated rings. The minimum Gasteiger partial charge on any atom is -0.353 e. The van der Waals surface area contributed by atoms with E-state index in [4.69, 9.17) is 0 Å². The number of hydrogen-bond acceptors (Lipinski definition) is 2. The molecule has 0 radical (unpaired) electrons. The van der Waals surface area contributed by atoms with Gasteiger partial charge in [-0.15, -0.1) is 0 Å². The Bertz CT molecular complexity index is 553. The highest BCUT2D eigenvalue weighted by molar-refractivity contribution is 7.86. The maximum Gasteiger partial charge on any atom is 0.232 e. The molecule has 1 aliphatic carbocycles. The predicted octanol–water partition coefficient (Wildman–Crippen LogP) is 3.09. The topological polar surface area (TPSA) is 46.2 Å². The molecule has 3 nitrogen and oxygen atoms in total. The van der Waals surface area contributed by atoms with Gasteiger partial charge in [-0.2, -0.15) is 0 Å². The summed E-state index contributed by atoms with van der Waals surface area (Å²) >= 11 is 0. The van der Waals surface area contributed by atoms with Crippen molar-refractivity contribution < 1.29 is 17.8 Å². The molecular weight excluding hydrogens is 320 g/mol. The van der Waals surface area contributed by atoms with Crippen LogP contribution in [-0.4, -0.2) is 27.2 Å². The molecule has 6 heteroatoms. The molecule has 1 saturated carbocycles. The highest BCUT2D eigenvalue weighted by Gasteiger charge is 2.22. The van der Waals surface area contributed by atoms with Gasteiger partial charge < -0.3 is 5.32 Å². The van der Waals surface area contributed by atoms with Gasteiger partial charge in [0.25, 0.3) is 0 Å². The first-order valence-corrected chi connectivity index (χ1v) is 9.45. The molecule has 1 N–H and O–H groups in total. The molecule has 128 valence electrons. The monoisotopic (exact) mass is 343 g/mol. The lowest BCUT2D eigenvalue weighted by Crippen LogP contribution is -2.38. The van der Waals surface area contributed by atoms with Gasteiger partial charge in [-0.3, -0.25) is 9.00 Å². The molecule has 1 amide bonds. The van der Waals surface area contributed by atoms with Crippen LogP contribution in [0.2, 0.25) is 0 Å². The number of rotatable bonds is 6. The van der Waals surface area contributed by atoms with Gasteiger partial charge in [-0.25, -0.2) is 8.78 Å². The third-order valence-electron chi connectivity index (χ3n) is 4.18. The van der Waals surface area contributed by atoms with Crippen molar-refractivity contribution in [3.63, 3.8) is 0 Å². The number of nitrogens with one attached hydrogen (secondary N) is 1. The Morgan fingerprint density at radius 3 is 2.48 bits per heavy atom. The first kappa shape index (κ1) is 18.0. The number of carbonyl (C=O) groups is 1. The standard InChI is InChI=1S/C17H23F2NO2S/c1-12(10-14-15(18)8-5-9-16(14)19)20-17(21)11-23(22)13-6-3-2-4-7-13/h5,8-9,12-13H,2-4,6-7,10-11H2,1H3,(H,20,21)/t12-,23-/m0/s1. The highest BCUT2D eigenvalue weighted by Crippen LogP contribution is 2.22. The molecule has 23 heavy (non-hydrogen) atoms. The molecule has 0 heterocycles. The summed E-state index contributed by atoms with van der Waals surface area (Å²) in [7, 11) is -1.17. The molecule has 0 aliphatic heterocycles. The summed E-state index contributed by atoms with van der Waals surface area (Å²) in [5, 5.41) is 2.79. The lowest BCUT2D eigenvalue weighted by molar-refractivity contribution is -0.119. The van der Waals surface area contributed by atoms with Crippen molar-refractivity contribution in [3.8, 4) is 0 Å². The molecule has 1 aromatic carbocycles. The van der Waals surface area contributed by atoms with E-state index < -0.39 is 28.5 Å². The maximum absolute atomic E-state index is 13.6. The Morgan fingerprint density at radius 1 is 1.26 bits per heavy atom. The zero-order chi connectivity index (χ0) is 16.8. The minimum atomic E-state index is -1.17. The second kappa shape index (κ2) is 8.52. The molecular formula is C17H23F2NO2S. The lowest BCUT2D eigenvalue weighted by atomic mass is 10.0. The van der Waals surface area contributed by atoms with E-state index in [9.17, 15) is 17.8 Å². The summed E-state index contributed by atoms with van der Waals surface area (Å²) in [5.74, 6) is -1.58. The lowest BCUT2D eigenvalue weighted by Gasteiger charge is -2.21. The quantitative estimate of drug-likeness (QED) is 0.863. The van der Waals surface area contributed by atoms with Crippen LogP contribution in [0.15, 0.2) is 18.2 Å². The van der Waals surface area contributed by atoms with E-state index in [1.54, 1.807) is 6.92 Å². The molecule has 2 atom stereocenters. The van der Waals surface area contributed by atoms with E-state index in [1.165, 1.54) is 24.6 Å². The van der Waals surface area contributed by atoms with Crippen molar-refractivity contribution in [2.45, 2.75) is 56.7 Å². The SMILES string of the molecule is C[C@@H](Cc1c(F)cccc1F)NC(=O)C[S@](=O)C1CCCCC1. The van der Waals surface area contributed by atoms with Crippen molar-refractivity contribution in [1.82, 2.24) is 5.32 Å². The molecule has 1 aliphatic rings. The molecule has 0 unspecified atom stereocenters. The highest BCUT2D eigenvalue weighted by atomic mass is 32.2. The zero-order valence-electron chi connectivity index (χ0n) is 13.3. The maximum atomic E-state index is 13.6. The summed E-state index contributed by atoms with van der Waals surface area (Å²) in [4.78, 5) is 12.0. The van der Waals surface area contributed by atoms with Crippen LogP contribution in [0.1, 0.15) is 44.6 Å². The van der Waals surface area contributed by atoms with E-state index in [0.717, 1.165) is 25.7 Å². The number of halogens is 2. The first-order chi connectivity index (χ1) is 11.0. The average Bonchev–Trinajstić information content (AvgIpc) is 2.51. The fourth-order valence-electron chi connectivity index (χ4n) is 2.98. The Kier molecular flexibility index (Phi) is 6.69. The van der Waals surface area contributed by atoms with E-state index in [1.807, 2.05) is 0 Å². The van der Waals surface area contributed by atoms with Crippen molar-refractivity contribution in [2.24, 2.45) is 0 Å². The van der Waals surface area contributed by atoms with Crippen LogP contribution < -0.4 is 5.32 Å². The largest absolute Gasteiger partial charge is 0.353 e. The number of hydrogen-bond donors (Lipinski definition) is 1. The van der Waals surface area contributed by atoms with Crippen LogP contribution in [0.5, 0.6) is 0 Å². The Labute approximate surface area is 138 Å². The van der Waals surface area contributed by atoms with Gasteiger partial charge in [0, 0.05) is 27.7 Å². The number of carbonyl (C=O) groups excluding carboxylic acids is 1. The van der Waals surface area contributed by atoms with Crippen LogP contribution in [0, 0.1) is 11.6 Å². The van der Waals surface area contributed by atoms with Crippen LogP contribution >= 0.6 is 0 Å². The number of benzene rings is 1. The Morgan fingerprint density at radius 2 is 1.87 bits per heavy atom. The van der Waals surface area contributed by atoms with E-state index in [0.29, 0.717) is 0 Å². The second-order valence-corrected chi connectivity index (χ2v) is 7.87. The van der Waals surface area contributed by atoms with E-state index in [-0.39, 0.29) is 28.9 Å². The van der Waals surface area contributed by atoms with Crippen molar-refractivity contribution in [3.05, 3.63) is 35.4 Å². The van der Waals surface area contributed by atoms with E-state index >= 15 is 0 Å². The molecule has 2 rings (SSSR count). The third-order valence-corrected chi connectivity index (χ3v) is 5.94. The molecule has 0 spiro atoms. The van der Waals surface area contributed by atoms with Gasteiger partial charge in [0.15, 0.2) is 0 Å². The first-order valence-electron chi connectivity index (χ1n) is 8.07. The summed E-state index contributed by atoms with van der Waals surface area (Å²) in [6, 6.07) is 3.29. The summed E-state index contributed by atoms with van der Waals surface area (Å²) in [5.41, 5.74) is -0.0336. The zero-order valence-corrected chi connectivity index (χ0v) is 14.1. The smallest absolute Gasteiger partial charge is 0.232 e. The fourth-order valence-corrected chi connectivity index (χ4v) is 4.41. The fraction of sp³-hybridized carbons (Fsp3) is 0.588. The minimum absolute atomic E-state index is 0.0330. The van der Waals surface area contributed by atoms with Crippen molar-refractivity contribution in [1.29, 1.82) is 0 Å². The molecule has 0 saturated heterocycles. The Balaban J connectivity index is 1.83. The normalized spacial score (nSPS) is 18.4. The molecule has 1 aromatic rings. The van der Waals surface area contributed by atoms with Crippen molar-refractivity contribution >= 4 is 16.7 Å². The molecule has 0 bridgehead atoms.